The summed E-state index contributed by atoms with van der Waals surface area (Å²) >= 11 is 0. The highest BCUT2D eigenvalue weighted by molar-refractivity contribution is 7.90. The van der Waals surface area contributed by atoms with Crippen LogP contribution in [0.5, 0.6) is 0 Å². The smallest absolute Gasteiger partial charge is 0.323 e. The molecule has 19 heavy (non-hydrogen) atoms. The van der Waals surface area contributed by atoms with E-state index >= 15 is 0 Å². The summed E-state index contributed by atoms with van der Waals surface area (Å²) in [4.78, 5) is 10.7. The van der Waals surface area contributed by atoms with Gasteiger partial charge in [0.2, 0.25) is 10.0 Å². The summed E-state index contributed by atoms with van der Waals surface area (Å²) in [6.07, 6.45) is 0. The normalized spacial score (nSPS) is 13.2. The third-order valence-corrected chi connectivity index (χ3v) is 4.37. The predicted octanol–water partition coefficient (Wildman–Crippen LogP) is 0.726. The Bertz CT molecular complexity index is 541. The summed E-state index contributed by atoms with van der Waals surface area (Å²) in [6, 6.07) is 7.20. The average molecular weight is 287 g/mol. The number of carboxylic acids is 1. The predicted molar refractivity (Wildman–Crippen MR) is 70.0 cm³/mol. The van der Waals surface area contributed by atoms with Gasteiger partial charge in [-0.05, 0) is 18.1 Å². The lowest BCUT2D eigenvalue weighted by Gasteiger charge is -2.12. The second-order valence-corrected chi connectivity index (χ2v) is 6.13. The van der Waals surface area contributed by atoms with E-state index < -0.39 is 21.2 Å². The number of benzene rings is 1. The number of rotatable bonds is 7. The van der Waals surface area contributed by atoms with Crippen LogP contribution >= 0.6 is 0 Å². The number of ether oxygens (including phenoxy) is 1. The molecule has 0 amide bonds. The van der Waals surface area contributed by atoms with Crippen LogP contribution in [-0.4, -0.2) is 31.9 Å². The molecule has 6 nitrogen and oxygen atoms in total. The van der Waals surface area contributed by atoms with Crippen LogP contribution in [0.4, 0.5) is 0 Å². The van der Waals surface area contributed by atoms with Gasteiger partial charge >= 0.3 is 5.97 Å². The van der Waals surface area contributed by atoms with Crippen LogP contribution in [0, 0.1) is 0 Å². The maximum atomic E-state index is 11.7. The number of hydrogen-bond acceptors (Lipinski definition) is 4. The van der Waals surface area contributed by atoms with Crippen LogP contribution in [0.1, 0.15) is 18.1 Å². The highest BCUT2D eigenvalue weighted by atomic mass is 32.2. The molecule has 0 aliphatic carbocycles. The summed E-state index contributed by atoms with van der Waals surface area (Å²) in [5, 5.41) is 7.23. The fourth-order valence-electron chi connectivity index (χ4n) is 1.46. The first kappa shape index (κ1) is 15.6. The number of sulfonamides is 1. The van der Waals surface area contributed by atoms with Crippen molar-refractivity contribution in [2.45, 2.75) is 25.3 Å². The third-order valence-electron chi connectivity index (χ3n) is 2.70. The molecule has 0 saturated carbocycles. The highest BCUT2D eigenvalue weighted by Gasteiger charge is 2.27. The molecule has 0 aromatic heterocycles. The molecule has 0 aliphatic rings. The van der Waals surface area contributed by atoms with Crippen molar-refractivity contribution in [3.8, 4) is 0 Å². The van der Waals surface area contributed by atoms with E-state index in [-0.39, 0.29) is 6.54 Å². The number of carbonyl (C=O) groups is 1. The Morgan fingerprint density at radius 2 is 1.95 bits per heavy atom. The van der Waals surface area contributed by atoms with Gasteiger partial charge in [-0.2, -0.15) is 0 Å². The van der Waals surface area contributed by atoms with Crippen LogP contribution in [0.15, 0.2) is 24.3 Å². The van der Waals surface area contributed by atoms with E-state index in [4.69, 9.17) is 9.84 Å². The molecular formula is C12H17NO5S. The monoisotopic (exact) mass is 287 g/mol. The summed E-state index contributed by atoms with van der Waals surface area (Å²) < 4.78 is 30.7. The van der Waals surface area contributed by atoms with Gasteiger partial charge in [-0.3, -0.25) is 4.79 Å². The molecular weight excluding hydrogens is 270 g/mol. The van der Waals surface area contributed by atoms with Crippen molar-refractivity contribution in [2.24, 2.45) is 0 Å². The van der Waals surface area contributed by atoms with Crippen molar-refractivity contribution < 1.29 is 23.1 Å². The number of methoxy groups -OCH3 is 1. The first-order valence-corrected chi connectivity index (χ1v) is 7.20. The molecule has 0 saturated heterocycles. The van der Waals surface area contributed by atoms with E-state index in [1.54, 1.807) is 19.2 Å². The maximum Gasteiger partial charge on any atom is 0.323 e. The lowest BCUT2D eigenvalue weighted by molar-refractivity contribution is -0.136. The van der Waals surface area contributed by atoms with Gasteiger partial charge in [0.1, 0.15) is 0 Å². The zero-order valence-corrected chi connectivity index (χ0v) is 11.6. The molecule has 2 N–H and O–H groups in total. The largest absolute Gasteiger partial charge is 0.480 e. The fraction of sp³-hybridized carbons (Fsp3) is 0.417. The van der Waals surface area contributed by atoms with E-state index in [1.807, 2.05) is 12.1 Å². The standard InChI is InChI=1S/C12H17NO5S/c1-9(12(14)15)19(16,17)13-7-10-5-3-4-6-11(10)8-18-2/h3-6,9,13H,7-8H2,1-2H3,(H,14,15). The van der Waals surface area contributed by atoms with E-state index in [1.165, 1.54) is 0 Å². The van der Waals surface area contributed by atoms with Crippen molar-refractivity contribution in [1.82, 2.24) is 4.72 Å². The van der Waals surface area contributed by atoms with E-state index in [2.05, 4.69) is 4.72 Å². The van der Waals surface area contributed by atoms with Crippen LogP contribution in [0.25, 0.3) is 0 Å². The lowest BCUT2D eigenvalue weighted by Crippen LogP contribution is -2.37. The minimum absolute atomic E-state index is 0.0412. The Morgan fingerprint density at radius 1 is 1.37 bits per heavy atom. The summed E-state index contributed by atoms with van der Waals surface area (Å²) in [5.74, 6) is -1.38. The molecule has 106 valence electrons. The molecule has 0 bridgehead atoms. The van der Waals surface area contributed by atoms with Gasteiger partial charge in [-0.15, -0.1) is 0 Å². The zero-order chi connectivity index (χ0) is 14.5. The summed E-state index contributed by atoms with van der Waals surface area (Å²) in [7, 11) is -2.33. The topological polar surface area (TPSA) is 92.7 Å². The van der Waals surface area contributed by atoms with E-state index in [0.717, 1.165) is 18.1 Å². The van der Waals surface area contributed by atoms with Gasteiger partial charge in [0.15, 0.2) is 5.25 Å². The molecule has 0 fully saturated rings. The van der Waals surface area contributed by atoms with Crippen molar-refractivity contribution in [3.63, 3.8) is 0 Å². The SMILES string of the molecule is COCc1ccccc1CNS(=O)(=O)C(C)C(=O)O. The molecule has 1 unspecified atom stereocenters. The molecule has 0 aliphatic heterocycles. The Kier molecular flexibility index (Phi) is 5.46. The number of carboxylic acid groups (broad SMARTS) is 1. The van der Waals surface area contributed by atoms with E-state index in [0.29, 0.717) is 6.61 Å². The Labute approximate surface area is 112 Å². The number of aliphatic carboxylic acids is 1. The highest BCUT2D eigenvalue weighted by Crippen LogP contribution is 2.10. The first-order valence-electron chi connectivity index (χ1n) is 5.65. The number of hydrogen-bond donors (Lipinski definition) is 2. The lowest BCUT2D eigenvalue weighted by atomic mass is 10.1. The van der Waals surface area contributed by atoms with Crippen molar-refractivity contribution >= 4 is 16.0 Å². The van der Waals surface area contributed by atoms with Gasteiger partial charge in [-0.25, -0.2) is 13.1 Å². The summed E-state index contributed by atoms with van der Waals surface area (Å²) in [5.41, 5.74) is 1.61. The van der Waals surface area contributed by atoms with Gasteiger partial charge in [-0.1, -0.05) is 24.3 Å². The molecule has 0 heterocycles. The van der Waals surface area contributed by atoms with Crippen molar-refractivity contribution in [1.29, 1.82) is 0 Å². The van der Waals surface area contributed by atoms with Gasteiger partial charge in [0.05, 0.1) is 6.61 Å². The van der Waals surface area contributed by atoms with Crippen molar-refractivity contribution in [2.75, 3.05) is 7.11 Å². The van der Waals surface area contributed by atoms with Crippen LogP contribution in [0.3, 0.4) is 0 Å². The second-order valence-electron chi connectivity index (χ2n) is 4.05. The Hall–Kier alpha value is -1.44. The minimum Gasteiger partial charge on any atom is -0.480 e. The van der Waals surface area contributed by atoms with Crippen molar-refractivity contribution in [3.05, 3.63) is 35.4 Å². The molecule has 1 atom stereocenters. The third kappa shape index (κ3) is 4.30. The zero-order valence-electron chi connectivity index (χ0n) is 10.8. The maximum absolute atomic E-state index is 11.7. The fourth-order valence-corrected chi connectivity index (χ4v) is 2.33. The van der Waals surface area contributed by atoms with E-state index in [9.17, 15) is 13.2 Å². The molecule has 7 heteroatoms. The molecule has 1 aromatic rings. The van der Waals surface area contributed by atoms with Gasteiger partial charge in [0, 0.05) is 13.7 Å². The van der Waals surface area contributed by atoms with Crippen LogP contribution < -0.4 is 4.72 Å². The summed E-state index contributed by atoms with van der Waals surface area (Å²) in [6.45, 7) is 1.54. The Morgan fingerprint density at radius 3 is 2.47 bits per heavy atom. The number of nitrogens with one attached hydrogen (secondary N) is 1. The van der Waals surface area contributed by atoms with Gasteiger partial charge in [0.25, 0.3) is 0 Å². The molecule has 0 spiro atoms. The second kappa shape index (κ2) is 6.65. The average Bonchev–Trinajstić information content (AvgIpc) is 2.37. The quantitative estimate of drug-likeness (QED) is 0.771. The van der Waals surface area contributed by atoms with Gasteiger partial charge < -0.3 is 9.84 Å². The molecule has 1 rings (SSSR count). The Balaban J connectivity index is 2.80. The van der Waals surface area contributed by atoms with Crippen LogP contribution in [-0.2, 0) is 32.7 Å². The molecule has 0 radical (unpaired) electrons. The van der Waals surface area contributed by atoms with Crippen LogP contribution in [0.2, 0.25) is 0 Å². The molecule has 1 aromatic carbocycles. The minimum atomic E-state index is -3.88. The first-order chi connectivity index (χ1) is 8.88.